The summed E-state index contributed by atoms with van der Waals surface area (Å²) < 4.78 is 0. The molecule has 3 heteroatoms. The molecule has 0 aromatic carbocycles. The van der Waals surface area contributed by atoms with Crippen LogP contribution in [-0.4, -0.2) is 18.5 Å². The Morgan fingerprint density at radius 2 is 0.771 bits per heavy atom. The molecule has 0 bridgehead atoms. The number of nitrogens with two attached hydrogens (primary N) is 1. The number of carbonyl (C=O) groups is 1. The van der Waals surface area contributed by atoms with Gasteiger partial charge in [0.25, 0.3) is 0 Å². The smallest absolute Gasteiger partial charge is 0.236 e. The van der Waals surface area contributed by atoms with Crippen LogP contribution in [0.15, 0.2) is 0 Å². The van der Waals surface area contributed by atoms with Crippen LogP contribution in [0.4, 0.5) is 0 Å². The van der Waals surface area contributed by atoms with E-state index in [1.807, 2.05) is 0 Å². The van der Waals surface area contributed by atoms with Gasteiger partial charge >= 0.3 is 0 Å². The van der Waals surface area contributed by atoms with E-state index in [0.717, 1.165) is 25.8 Å². The van der Waals surface area contributed by atoms with E-state index in [9.17, 15) is 4.79 Å². The first-order valence-electron chi connectivity index (χ1n) is 16.3. The Bertz CT molecular complexity index is 412. The number of hydrogen-bond donors (Lipinski definition) is 2. The van der Waals surface area contributed by atoms with E-state index < -0.39 is 0 Å². The van der Waals surface area contributed by atoms with Crippen LogP contribution in [0.25, 0.3) is 0 Å². The summed E-state index contributed by atoms with van der Waals surface area (Å²) in [5.74, 6) is 0.0581. The zero-order valence-electron chi connectivity index (χ0n) is 24.4. The topological polar surface area (TPSA) is 55.1 Å². The van der Waals surface area contributed by atoms with E-state index in [1.54, 1.807) is 0 Å². The van der Waals surface area contributed by atoms with Crippen molar-refractivity contribution in [3.63, 3.8) is 0 Å². The minimum Gasteiger partial charge on any atom is -0.355 e. The quantitative estimate of drug-likeness (QED) is 0.102. The van der Waals surface area contributed by atoms with E-state index in [0.29, 0.717) is 0 Å². The molecule has 3 nitrogen and oxygen atoms in total. The van der Waals surface area contributed by atoms with E-state index in [2.05, 4.69) is 19.2 Å². The third-order valence-electron chi connectivity index (χ3n) is 7.54. The SMILES string of the molecule is CCCCCCCCCCCCCCCCNC(=O)C(N)CCCCCCCCCCCCCC. The highest BCUT2D eigenvalue weighted by molar-refractivity contribution is 5.81. The fraction of sp³-hybridized carbons (Fsp3) is 0.969. The first-order valence-corrected chi connectivity index (χ1v) is 16.3. The standard InChI is InChI=1S/C32H66N2O/c1-3-5-7-9-11-13-15-17-18-20-22-24-26-28-30-34-32(35)31(33)29-27-25-23-21-19-16-14-12-10-8-6-4-2/h31H,3-30,33H2,1-2H3,(H,34,35). The maximum absolute atomic E-state index is 12.2. The molecule has 0 aliphatic rings. The molecule has 35 heavy (non-hydrogen) atoms. The predicted octanol–water partition coefficient (Wildman–Crippen LogP) is 10.0. The molecule has 0 spiro atoms. The number of hydrogen-bond acceptors (Lipinski definition) is 2. The van der Waals surface area contributed by atoms with Crippen LogP contribution >= 0.6 is 0 Å². The van der Waals surface area contributed by atoms with Crippen LogP contribution in [0.5, 0.6) is 0 Å². The molecule has 0 heterocycles. The summed E-state index contributed by atoms with van der Waals surface area (Å²) in [5, 5.41) is 3.06. The fourth-order valence-corrected chi connectivity index (χ4v) is 5.00. The highest BCUT2D eigenvalue weighted by Crippen LogP contribution is 2.14. The number of rotatable bonds is 29. The Hall–Kier alpha value is -0.570. The van der Waals surface area contributed by atoms with Gasteiger partial charge in [0.2, 0.25) is 5.91 Å². The highest BCUT2D eigenvalue weighted by atomic mass is 16.2. The Morgan fingerprint density at radius 3 is 1.11 bits per heavy atom. The molecule has 1 amide bonds. The van der Waals surface area contributed by atoms with Crippen LogP contribution in [0.1, 0.15) is 187 Å². The van der Waals surface area contributed by atoms with Gasteiger partial charge in [-0.05, 0) is 12.8 Å². The van der Waals surface area contributed by atoms with Crippen molar-refractivity contribution in [1.82, 2.24) is 5.32 Å². The van der Waals surface area contributed by atoms with Crippen molar-refractivity contribution in [1.29, 1.82) is 0 Å². The van der Waals surface area contributed by atoms with Gasteiger partial charge in [-0.3, -0.25) is 4.79 Å². The molecule has 1 unspecified atom stereocenters. The second-order valence-corrected chi connectivity index (χ2v) is 11.2. The maximum atomic E-state index is 12.2. The van der Waals surface area contributed by atoms with Gasteiger partial charge in [0.05, 0.1) is 6.04 Å². The third-order valence-corrected chi connectivity index (χ3v) is 7.54. The van der Waals surface area contributed by atoms with Crippen molar-refractivity contribution in [2.45, 2.75) is 193 Å². The number of carbonyl (C=O) groups excluding carboxylic acids is 1. The van der Waals surface area contributed by atoms with E-state index in [1.165, 1.54) is 154 Å². The van der Waals surface area contributed by atoms with Gasteiger partial charge in [0.15, 0.2) is 0 Å². The molecule has 1 atom stereocenters. The lowest BCUT2D eigenvalue weighted by Gasteiger charge is -2.12. The highest BCUT2D eigenvalue weighted by Gasteiger charge is 2.11. The first-order chi connectivity index (χ1) is 17.2. The van der Waals surface area contributed by atoms with Crippen molar-refractivity contribution in [2.24, 2.45) is 5.73 Å². The molecule has 0 rings (SSSR count). The van der Waals surface area contributed by atoms with Crippen LogP contribution in [0.3, 0.4) is 0 Å². The lowest BCUT2D eigenvalue weighted by molar-refractivity contribution is -0.122. The number of amides is 1. The Morgan fingerprint density at radius 1 is 0.486 bits per heavy atom. The predicted molar refractivity (Wildman–Crippen MR) is 157 cm³/mol. The normalized spacial score (nSPS) is 12.2. The maximum Gasteiger partial charge on any atom is 0.236 e. The summed E-state index contributed by atoms with van der Waals surface area (Å²) in [6, 6.07) is -0.315. The van der Waals surface area contributed by atoms with E-state index >= 15 is 0 Å². The molecular formula is C32H66N2O. The Balaban J connectivity index is 3.28. The van der Waals surface area contributed by atoms with Crippen molar-refractivity contribution < 1.29 is 4.79 Å². The van der Waals surface area contributed by atoms with E-state index in [4.69, 9.17) is 5.73 Å². The monoisotopic (exact) mass is 495 g/mol. The zero-order valence-corrected chi connectivity index (χ0v) is 24.4. The number of unbranched alkanes of at least 4 members (excludes halogenated alkanes) is 24. The fourth-order valence-electron chi connectivity index (χ4n) is 5.00. The van der Waals surface area contributed by atoms with Crippen molar-refractivity contribution in [3.05, 3.63) is 0 Å². The average molecular weight is 495 g/mol. The summed E-state index contributed by atoms with van der Waals surface area (Å²) in [4.78, 5) is 12.2. The lowest BCUT2D eigenvalue weighted by atomic mass is 10.0. The Kier molecular flexibility index (Phi) is 29.2. The first kappa shape index (κ1) is 34.4. The summed E-state index contributed by atoms with van der Waals surface area (Å²) in [6.07, 6.45) is 36.1. The molecule has 0 aromatic rings. The Labute approximate surface area is 221 Å². The average Bonchev–Trinajstić information content (AvgIpc) is 2.86. The van der Waals surface area contributed by atoms with Gasteiger partial charge < -0.3 is 11.1 Å². The molecule has 210 valence electrons. The molecule has 0 aromatic heterocycles. The molecular weight excluding hydrogens is 428 g/mol. The number of nitrogens with one attached hydrogen (secondary N) is 1. The van der Waals surface area contributed by atoms with Gasteiger partial charge in [-0.2, -0.15) is 0 Å². The minimum atomic E-state index is -0.315. The summed E-state index contributed by atoms with van der Waals surface area (Å²) in [7, 11) is 0. The van der Waals surface area contributed by atoms with Gasteiger partial charge in [0.1, 0.15) is 0 Å². The van der Waals surface area contributed by atoms with Gasteiger partial charge in [-0.15, -0.1) is 0 Å². The van der Waals surface area contributed by atoms with Gasteiger partial charge in [0, 0.05) is 6.54 Å². The van der Waals surface area contributed by atoms with Crippen molar-refractivity contribution in [3.8, 4) is 0 Å². The van der Waals surface area contributed by atoms with Crippen LogP contribution in [-0.2, 0) is 4.79 Å². The molecule has 0 saturated carbocycles. The molecule has 0 aliphatic carbocycles. The molecule has 0 aliphatic heterocycles. The van der Waals surface area contributed by atoms with Gasteiger partial charge in [-0.1, -0.05) is 174 Å². The summed E-state index contributed by atoms with van der Waals surface area (Å²) in [6.45, 7) is 5.36. The third kappa shape index (κ3) is 27.9. The van der Waals surface area contributed by atoms with Crippen LogP contribution < -0.4 is 11.1 Å². The van der Waals surface area contributed by atoms with E-state index in [-0.39, 0.29) is 11.9 Å². The zero-order chi connectivity index (χ0) is 25.7. The largest absolute Gasteiger partial charge is 0.355 e. The van der Waals surface area contributed by atoms with Crippen molar-refractivity contribution >= 4 is 5.91 Å². The summed E-state index contributed by atoms with van der Waals surface area (Å²) >= 11 is 0. The van der Waals surface area contributed by atoms with Crippen LogP contribution in [0.2, 0.25) is 0 Å². The summed E-state index contributed by atoms with van der Waals surface area (Å²) in [5.41, 5.74) is 6.10. The molecule has 0 fully saturated rings. The second kappa shape index (κ2) is 29.7. The second-order valence-electron chi connectivity index (χ2n) is 11.2. The molecule has 0 saturated heterocycles. The minimum absolute atomic E-state index is 0.0581. The lowest BCUT2D eigenvalue weighted by Crippen LogP contribution is -2.40. The molecule has 0 radical (unpaired) electrons. The van der Waals surface area contributed by atoms with Crippen molar-refractivity contribution in [2.75, 3.05) is 6.54 Å². The van der Waals surface area contributed by atoms with Gasteiger partial charge in [-0.25, -0.2) is 0 Å². The van der Waals surface area contributed by atoms with Crippen LogP contribution in [0, 0.1) is 0 Å². The molecule has 3 N–H and O–H groups in total.